The molecule has 0 unspecified atom stereocenters. The maximum absolute atomic E-state index is 4.64. The Morgan fingerprint density at radius 2 is 2.16 bits per heavy atom. The molecule has 1 aromatic carbocycles. The van der Waals surface area contributed by atoms with Crippen molar-refractivity contribution in [2.45, 2.75) is 6.54 Å². The fourth-order valence-electron chi connectivity index (χ4n) is 2.10. The summed E-state index contributed by atoms with van der Waals surface area (Å²) in [5, 5.41) is 8.59. The first-order valence-corrected chi connectivity index (χ1v) is 6.81. The van der Waals surface area contributed by atoms with E-state index in [9.17, 15) is 0 Å². The summed E-state index contributed by atoms with van der Waals surface area (Å²) < 4.78 is 2.83. The van der Waals surface area contributed by atoms with Gasteiger partial charge in [0, 0.05) is 18.1 Å². The Morgan fingerprint density at radius 1 is 1.32 bits per heavy atom. The highest BCUT2D eigenvalue weighted by Gasteiger charge is 2.08. The van der Waals surface area contributed by atoms with E-state index >= 15 is 0 Å². The largest absolute Gasteiger partial charge is 0.314 e. The number of halogens is 1. The zero-order chi connectivity index (χ0) is 13.2. The van der Waals surface area contributed by atoms with Gasteiger partial charge in [-0.2, -0.15) is 5.10 Å². The predicted molar refractivity (Wildman–Crippen MR) is 79.3 cm³/mol. The minimum atomic E-state index is 0.736. The van der Waals surface area contributed by atoms with Crippen LogP contribution < -0.4 is 5.32 Å². The second-order valence-electron chi connectivity index (χ2n) is 4.28. The average molecular weight is 317 g/mol. The van der Waals surface area contributed by atoms with Gasteiger partial charge in [-0.05, 0) is 35.1 Å². The summed E-state index contributed by atoms with van der Waals surface area (Å²) in [6, 6.07) is 10.2. The highest BCUT2D eigenvalue weighted by Crippen LogP contribution is 2.22. The summed E-state index contributed by atoms with van der Waals surface area (Å²) in [5.74, 6) is 0. The van der Waals surface area contributed by atoms with Gasteiger partial charge in [-0.3, -0.25) is 4.98 Å². The Kier molecular flexibility index (Phi) is 3.31. The van der Waals surface area contributed by atoms with E-state index in [1.165, 1.54) is 0 Å². The minimum Gasteiger partial charge on any atom is -0.314 e. The number of pyridine rings is 1. The molecule has 3 rings (SSSR count). The number of hydrogen-bond acceptors (Lipinski definition) is 3. The van der Waals surface area contributed by atoms with Crippen molar-refractivity contribution in [3.8, 4) is 5.69 Å². The lowest BCUT2D eigenvalue weighted by atomic mass is 10.1. The Balaban J connectivity index is 2.25. The van der Waals surface area contributed by atoms with Crippen LogP contribution in [0.25, 0.3) is 16.6 Å². The van der Waals surface area contributed by atoms with Crippen molar-refractivity contribution < 1.29 is 0 Å². The van der Waals surface area contributed by atoms with E-state index in [1.54, 1.807) is 6.20 Å². The first kappa shape index (κ1) is 12.3. The van der Waals surface area contributed by atoms with Crippen molar-refractivity contribution in [3.05, 3.63) is 52.9 Å². The number of nitrogens with zero attached hydrogens (tertiary/aromatic N) is 3. The third-order valence-corrected chi connectivity index (χ3v) is 3.31. The number of benzene rings is 1. The van der Waals surface area contributed by atoms with Crippen molar-refractivity contribution in [1.82, 2.24) is 20.1 Å². The number of hydrogen-bond donors (Lipinski definition) is 1. The van der Waals surface area contributed by atoms with Crippen molar-refractivity contribution in [2.75, 3.05) is 7.05 Å². The van der Waals surface area contributed by atoms with Crippen molar-refractivity contribution in [3.63, 3.8) is 0 Å². The number of aromatic nitrogens is 3. The normalized spacial score (nSPS) is 11.1. The first-order valence-electron chi connectivity index (χ1n) is 6.02. The molecule has 0 fully saturated rings. The molecule has 3 aromatic rings. The molecule has 2 aromatic heterocycles. The smallest absolute Gasteiger partial charge is 0.0758 e. The molecule has 4 nitrogen and oxygen atoms in total. The van der Waals surface area contributed by atoms with Gasteiger partial charge in [0.15, 0.2) is 0 Å². The average Bonchev–Trinajstić information content (AvgIpc) is 2.85. The van der Waals surface area contributed by atoms with Gasteiger partial charge in [-0.1, -0.05) is 18.2 Å². The van der Waals surface area contributed by atoms with Crippen molar-refractivity contribution >= 4 is 26.8 Å². The van der Waals surface area contributed by atoms with Crippen LogP contribution in [0.2, 0.25) is 0 Å². The van der Waals surface area contributed by atoms with E-state index in [4.69, 9.17) is 0 Å². The van der Waals surface area contributed by atoms with E-state index in [-0.39, 0.29) is 0 Å². The highest BCUT2D eigenvalue weighted by molar-refractivity contribution is 9.10. The number of rotatable bonds is 3. The van der Waals surface area contributed by atoms with Crippen LogP contribution in [0.5, 0.6) is 0 Å². The van der Waals surface area contributed by atoms with Crippen LogP contribution in [0.1, 0.15) is 5.69 Å². The fourth-order valence-corrected chi connectivity index (χ4v) is 2.39. The third kappa shape index (κ3) is 2.39. The second kappa shape index (κ2) is 5.11. The Morgan fingerprint density at radius 3 is 2.89 bits per heavy atom. The van der Waals surface area contributed by atoms with Crippen molar-refractivity contribution in [1.29, 1.82) is 0 Å². The molecule has 19 heavy (non-hydrogen) atoms. The van der Waals surface area contributed by atoms with Gasteiger partial charge in [0.25, 0.3) is 0 Å². The van der Waals surface area contributed by atoms with Crippen LogP contribution in [0.4, 0.5) is 0 Å². The van der Waals surface area contributed by atoms with Gasteiger partial charge < -0.3 is 5.32 Å². The number of fused-ring (bicyclic) bond motifs is 1. The second-order valence-corrected chi connectivity index (χ2v) is 5.20. The molecule has 5 heteroatoms. The number of para-hydroxylation sites is 1. The monoisotopic (exact) mass is 316 g/mol. The summed E-state index contributed by atoms with van der Waals surface area (Å²) in [7, 11) is 1.92. The Bertz CT molecular complexity index is 720. The summed E-state index contributed by atoms with van der Waals surface area (Å²) in [4.78, 5) is 4.64. The number of nitrogens with one attached hydrogen (secondary N) is 1. The van der Waals surface area contributed by atoms with Crippen LogP contribution in [0, 0.1) is 0 Å². The van der Waals surface area contributed by atoms with Gasteiger partial charge in [0.05, 0.1) is 27.6 Å². The molecule has 0 amide bonds. The van der Waals surface area contributed by atoms with Crippen LogP contribution in [0.15, 0.2) is 47.2 Å². The molecular weight excluding hydrogens is 304 g/mol. The van der Waals surface area contributed by atoms with E-state index < -0.39 is 0 Å². The summed E-state index contributed by atoms with van der Waals surface area (Å²) in [5.41, 5.74) is 3.03. The molecule has 96 valence electrons. The van der Waals surface area contributed by atoms with Crippen LogP contribution >= 0.6 is 15.9 Å². The van der Waals surface area contributed by atoms with E-state index in [0.717, 1.165) is 33.3 Å². The third-order valence-electron chi connectivity index (χ3n) is 2.90. The molecule has 0 spiro atoms. The minimum absolute atomic E-state index is 0.736. The summed E-state index contributed by atoms with van der Waals surface area (Å²) in [6.07, 6.45) is 3.73. The maximum atomic E-state index is 4.64. The molecule has 0 radical (unpaired) electrons. The van der Waals surface area contributed by atoms with Crippen LogP contribution in [-0.2, 0) is 6.54 Å². The molecule has 0 saturated carbocycles. The van der Waals surface area contributed by atoms with Crippen LogP contribution in [0.3, 0.4) is 0 Å². The van der Waals surface area contributed by atoms with Crippen LogP contribution in [-0.4, -0.2) is 21.8 Å². The van der Waals surface area contributed by atoms with Gasteiger partial charge in [0.1, 0.15) is 0 Å². The predicted octanol–water partition coefficient (Wildman–Crippen LogP) is 2.90. The maximum Gasteiger partial charge on any atom is 0.0758 e. The standard InChI is InChI=1S/C14H13BrN4/c1-16-8-11-6-14(19-9-10(15)7-17-19)12-4-2-3-5-13(12)18-11/h2-7,9,16H,8H2,1H3. The van der Waals surface area contributed by atoms with E-state index in [2.05, 4.69) is 43.5 Å². The lowest BCUT2D eigenvalue weighted by Crippen LogP contribution is -2.08. The van der Waals surface area contributed by atoms with Gasteiger partial charge in [-0.15, -0.1) is 0 Å². The quantitative estimate of drug-likeness (QED) is 0.808. The topological polar surface area (TPSA) is 42.7 Å². The molecule has 0 atom stereocenters. The fraction of sp³-hybridized carbons (Fsp3) is 0.143. The summed E-state index contributed by atoms with van der Waals surface area (Å²) >= 11 is 3.43. The molecule has 1 N–H and O–H groups in total. The molecule has 0 aliphatic heterocycles. The van der Waals surface area contributed by atoms with Gasteiger partial charge in [-0.25, -0.2) is 4.68 Å². The van der Waals surface area contributed by atoms with Gasteiger partial charge in [0.2, 0.25) is 0 Å². The van der Waals surface area contributed by atoms with E-state index in [1.807, 2.05) is 36.1 Å². The lowest BCUT2D eigenvalue weighted by molar-refractivity contribution is 0.790. The molecule has 2 heterocycles. The molecule has 0 bridgehead atoms. The zero-order valence-electron chi connectivity index (χ0n) is 10.5. The van der Waals surface area contributed by atoms with Crippen molar-refractivity contribution in [2.24, 2.45) is 0 Å². The highest BCUT2D eigenvalue weighted by atomic mass is 79.9. The zero-order valence-corrected chi connectivity index (χ0v) is 12.1. The molecule has 0 saturated heterocycles. The Hall–Kier alpha value is -1.72. The first-order chi connectivity index (χ1) is 9.28. The molecule has 0 aliphatic rings. The SMILES string of the molecule is CNCc1cc(-n2cc(Br)cn2)c2ccccc2n1. The Labute approximate surface area is 119 Å². The molecular formula is C14H13BrN4. The summed E-state index contributed by atoms with van der Waals surface area (Å²) in [6.45, 7) is 0.736. The van der Waals surface area contributed by atoms with Gasteiger partial charge >= 0.3 is 0 Å². The lowest BCUT2D eigenvalue weighted by Gasteiger charge is -2.09. The molecule has 0 aliphatic carbocycles. The van der Waals surface area contributed by atoms with E-state index in [0.29, 0.717) is 0 Å².